The number of thioether (sulfide) groups is 1. The number of amides is 1. The Morgan fingerprint density at radius 3 is 2.86 bits per heavy atom. The molecule has 2 heterocycles. The summed E-state index contributed by atoms with van der Waals surface area (Å²) in [5, 5.41) is 14.9. The maximum absolute atomic E-state index is 12.7. The summed E-state index contributed by atoms with van der Waals surface area (Å²) >= 11 is 15.3. The highest BCUT2D eigenvalue weighted by molar-refractivity contribution is 8.00. The molecule has 5 nitrogen and oxygen atoms in total. The van der Waals surface area contributed by atoms with Crippen LogP contribution in [-0.2, 0) is 11.2 Å². The van der Waals surface area contributed by atoms with Crippen LogP contribution in [0.4, 0.5) is 5.69 Å². The predicted octanol–water partition coefficient (Wildman–Crippen LogP) is 5.69. The maximum atomic E-state index is 12.7. The number of anilines is 1. The fourth-order valence-corrected chi connectivity index (χ4v) is 4.81. The lowest BCUT2D eigenvalue weighted by atomic mass is 10.3. The van der Waals surface area contributed by atoms with Gasteiger partial charge >= 0.3 is 0 Å². The third kappa shape index (κ3) is 4.38. The molecule has 28 heavy (non-hydrogen) atoms. The lowest BCUT2D eigenvalue weighted by molar-refractivity contribution is -0.115. The van der Waals surface area contributed by atoms with Gasteiger partial charge in [0.05, 0.1) is 21.0 Å². The molecule has 0 radical (unpaired) electrons. The molecule has 0 saturated heterocycles. The van der Waals surface area contributed by atoms with Gasteiger partial charge < -0.3 is 9.88 Å². The molecule has 1 saturated carbocycles. The van der Waals surface area contributed by atoms with Crippen LogP contribution in [-0.4, -0.2) is 25.9 Å². The van der Waals surface area contributed by atoms with Crippen LogP contribution >= 0.6 is 46.3 Å². The van der Waals surface area contributed by atoms with Crippen LogP contribution in [0.2, 0.25) is 10.0 Å². The summed E-state index contributed by atoms with van der Waals surface area (Å²) in [5.41, 5.74) is 0.508. The van der Waals surface area contributed by atoms with Crippen molar-refractivity contribution >= 4 is 57.9 Å². The molecule has 0 aliphatic heterocycles. The maximum Gasteiger partial charge on any atom is 0.237 e. The van der Waals surface area contributed by atoms with Crippen molar-refractivity contribution < 1.29 is 4.79 Å². The van der Waals surface area contributed by atoms with E-state index in [4.69, 9.17) is 23.2 Å². The van der Waals surface area contributed by atoms with Gasteiger partial charge in [-0.2, -0.15) is 0 Å². The molecule has 1 N–H and O–H groups in total. The monoisotopic (exact) mass is 452 g/mol. The molecule has 1 aromatic carbocycles. The van der Waals surface area contributed by atoms with Crippen molar-refractivity contribution in [3.63, 3.8) is 0 Å². The van der Waals surface area contributed by atoms with E-state index in [9.17, 15) is 4.79 Å². The number of halogens is 2. The van der Waals surface area contributed by atoms with E-state index in [1.807, 2.05) is 13.0 Å². The summed E-state index contributed by atoms with van der Waals surface area (Å²) in [6.45, 7) is 1.85. The number of carbonyl (C=O) groups is 1. The number of thiophene rings is 1. The highest BCUT2D eigenvalue weighted by Gasteiger charge is 2.31. The molecule has 0 spiro atoms. The number of nitrogens with zero attached hydrogens (tertiary/aromatic N) is 3. The lowest BCUT2D eigenvalue weighted by Gasteiger charge is -2.14. The van der Waals surface area contributed by atoms with Crippen LogP contribution in [0.5, 0.6) is 0 Å². The van der Waals surface area contributed by atoms with Gasteiger partial charge in [0.25, 0.3) is 0 Å². The van der Waals surface area contributed by atoms with Crippen LogP contribution in [0, 0.1) is 0 Å². The number of rotatable bonds is 7. The van der Waals surface area contributed by atoms with E-state index in [0.717, 1.165) is 30.2 Å². The quantitative estimate of drug-likeness (QED) is 0.467. The predicted molar refractivity (Wildman–Crippen MR) is 116 cm³/mol. The van der Waals surface area contributed by atoms with Crippen LogP contribution in [0.3, 0.4) is 0 Å². The topological polar surface area (TPSA) is 59.8 Å². The summed E-state index contributed by atoms with van der Waals surface area (Å²) in [4.78, 5) is 13.9. The summed E-state index contributed by atoms with van der Waals surface area (Å²) < 4.78 is 2.19. The van der Waals surface area contributed by atoms with E-state index in [1.165, 1.54) is 16.6 Å². The van der Waals surface area contributed by atoms with Crippen molar-refractivity contribution in [3.05, 3.63) is 56.5 Å². The smallest absolute Gasteiger partial charge is 0.237 e. The second-order valence-electron chi connectivity index (χ2n) is 6.61. The number of nitrogens with one attached hydrogen (secondary N) is 1. The number of hydrogen-bond donors (Lipinski definition) is 1. The zero-order chi connectivity index (χ0) is 19.7. The molecule has 1 aliphatic rings. The average molecular weight is 453 g/mol. The first kappa shape index (κ1) is 19.8. The Kier molecular flexibility index (Phi) is 5.96. The third-order valence-corrected chi connectivity index (χ3v) is 7.17. The highest BCUT2D eigenvalue weighted by atomic mass is 35.5. The second-order valence-corrected chi connectivity index (χ2v) is 9.73. The molecule has 1 fully saturated rings. The van der Waals surface area contributed by atoms with Gasteiger partial charge in [-0.05, 0) is 43.3 Å². The minimum atomic E-state index is -0.355. The van der Waals surface area contributed by atoms with Gasteiger partial charge in [0.15, 0.2) is 5.16 Å². The molecular weight excluding hydrogens is 435 g/mol. The normalized spacial score (nSPS) is 14.8. The number of hydrogen-bond acceptors (Lipinski definition) is 5. The van der Waals surface area contributed by atoms with E-state index in [1.54, 1.807) is 29.5 Å². The molecule has 4 rings (SSSR count). The van der Waals surface area contributed by atoms with Crippen molar-refractivity contribution in [1.29, 1.82) is 0 Å². The van der Waals surface area contributed by atoms with Crippen molar-refractivity contribution in [3.8, 4) is 0 Å². The van der Waals surface area contributed by atoms with Gasteiger partial charge in [-0.25, -0.2) is 0 Å². The first-order valence-corrected chi connectivity index (χ1v) is 11.4. The van der Waals surface area contributed by atoms with Crippen LogP contribution in [0.15, 0.2) is 40.9 Å². The zero-order valence-electron chi connectivity index (χ0n) is 15.1. The minimum Gasteiger partial charge on any atom is -0.324 e. The van der Waals surface area contributed by atoms with Crippen LogP contribution in [0.25, 0.3) is 0 Å². The second kappa shape index (κ2) is 8.45. The molecule has 1 aliphatic carbocycles. The Bertz CT molecular complexity index is 986. The van der Waals surface area contributed by atoms with Crippen molar-refractivity contribution in [2.45, 2.75) is 42.6 Å². The molecule has 0 bridgehead atoms. The van der Waals surface area contributed by atoms with Crippen molar-refractivity contribution in [2.24, 2.45) is 0 Å². The number of aromatic nitrogens is 3. The molecule has 2 aromatic heterocycles. The molecule has 1 amide bonds. The molecular formula is C19H18Cl2N4OS2. The summed E-state index contributed by atoms with van der Waals surface area (Å²) in [7, 11) is 0. The summed E-state index contributed by atoms with van der Waals surface area (Å²) in [6, 6.07) is 9.75. The van der Waals surface area contributed by atoms with E-state index in [0.29, 0.717) is 21.8 Å². The Labute approximate surface area is 181 Å². The molecule has 9 heteroatoms. The van der Waals surface area contributed by atoms with Crippen LogP contribution < -0.4 is 5.32 Å². The van der Waals surface area contributed by atoms with Gasteiger partial charge in [-0.1, -0.05) is 47.1 Å². The zero-order valence-corrected chi connectivity index (χ0v) is 18.2. The molecule has 1 atom stereocenters. The van der Waals surface area contributed by atoms with Crippen molar-refractivity contribution in [2.75, 3.05) is 5.32 Å². The Morgan fingerprint density at radius 1 is 1.32 bits per heavy atom. The molecule has 3 aromatic rings. The van der Waals surface area contributed by atoms with Gasteiger partial charge in [0.1, 0.15) is 5.82 Å². The highest BCUT2D eigenvalue weighted by Crippen LogP contribution is 2.40. The molecule has 146 valence electrons. The van der Waals surface area contributed by atoms with E-state index in [2.05, 4.69) is 31.5 Å². The fraction of sp³-hybridized carbons (Fsp3) is 0.316. The fourth-order valence-electron chi connectivity index (χ4n) is 2.82. The molecule has 0 unspecified atom stereocenters. The summed E-state index contributed by atoms with van der Waals surface area (Å²) in [5.74, 6) is 0.803. The minimum absolute atomic E-state index is 0.153. The van der Waals surface area contributed by atoms with Gasteiger partial charge in [-0.15, -0.1) is 21.5 Å². The first-order chi connectivity index (χ1) is 13.5. The number of benzene rings is 1. The van der Waals surface area contributed by atoms with E-state index >= 15 is 0 Å². The van der Waals surface area contributed by atoms with E-state index in [-0.39, 0.29) is 11.2 Å². The Balaban J connectivity index is 1.48. The van der Waals surface area contributed by atoms with Gasteiger partial charge in [-0.3, -0.25) is 4.79 Å². The number of carbonyl (C=O) groups excluding carboxylic acids is 1. The van der Waals surface area contributed by atoms with E-state index < -0.39 is 0 Å². The average Bonchev–Trinajstić information content (AvgIpc) is 3.23. The Hall–Kier alpha value is -1.54. The lowest BCUT2D eigenvalue weighted by Crippen LogP contribution is -2.23. The third-order valence-electron chi connectivity index (χ3n) is 4.42. The summed E-state index contributed by atoms with van der Waals surface area (Å²) in [6.07, 6.45) is 3.02. The van der Waals surface area contributed by atoms with Crippen molar-refractivity contribution in [1.82, 2.24) is 14.8 Å². The first-order valence-electron chi connectivity index (χ1n) is 8.90. The SMILES string of the molecule is C[C@@H](Sc1nnc(Cc2cccs2)n1C1CC1)C(=O)Nc1cccc(Cl)c1Cl. The Morgan fingerprint density at radius 2 is 2.14 bits per heavy atom. The van der Waals surface area contributed by atoms with Gasteiger partial charge in [0.2, 0.25) is 5.91 Å². The van der Waals surface area contributed by atoms with Crippen LogP contribution in [0.1, 0.15) is 36.5 Å². The standard InChI is InChI=1S/C19H18Cl2N4OS2/c1-11(18(26)22-15-6-2-5-14(20)17(15)21)28-19-24-23-16(25(19)12-7-8-12)10-13-4-3-9-27-13/h2-6,9,11-12H,7-8,10H2,1H3,(H,22,26)/t11-/m1/s1. The van der Waals surface area contributed by atoms with Gasteiger partial charge in [0, 0.05) is 17.3 Å². The largest absolute Gasteiger partial charge is 0.324 e.